The summed E-state index contributed by atoms with van der Waals surface area (Å²) in [7, 11) is 0. The number of hydrogen-bond donors (Lipinski definition) is 0. The third kappa shape index (κ3) is 6.12. The van der Waals surface area contributed by atoms with Crippen LogP contribution in [0.15, 0.2) is 152 Å². The second-order valence-electron chi connectivity index (χ2n) is 24.6. The van der Waals surface area contributed by atoms with Gasteiger partial charge in [0.2, 0.25) is 0 Å². The molecule has 0 bridgehead atoms. The predicted octanol–water partition coefficient (Wildman–Crippen LogP) is 15.4. The molecule has 0 atom stereocenters. The molecule has 0 saturated heterocycles. The fourth-order valence-electron chi connectivity index (χ4n) is 12.0. The van der Waals surface area contributed by atoms with Crippen molar-refractivity contribution in [2.24, 2.45) is 0 Å². The van der Waals surface area contributed by atoms with Gasteiger partial charge in [0.15, 0.2) is 0 Å². The van der Waals surface area contributed by atoms with Crippen LogP contribution in [-0.2, 0) is 21.7 Å². The second kappa shape index (κ2) is 14.3. The Hall–Kier alpha value is -7.11. The molecule has 11 aromatic rings. The number of aromatic nitrogens is 3. The molecule has 2 aliphatic rings. The topological polar surface area (TPSA) is 25.5 Å². The Bertz CT molecular complexity index is 4040. The van der Waals surface area contributed by atoms with E-state index in [1.54, 1.807) is 0 Å². The van der Waals surface area contributed by atoms with E-state index in [4.69, 9.17) is 4.98 Å². The highest BCUT2D eigenvalue weighted by molar-refractivity contribution is 7.00. The van der Waals surface area contributed by atoms with Crippen molar-refractivity contribution < 1.29 is 0 Å². The summed E-state index contributed by atoms with van der Waals surface area (Å²) in [5.74, 6) is 0. The average molecular weight is 909 g/mol. The van der Waals surface area contributed by atoms with Crippen LogP contribution in [-0.4, -0.2) is 20.7 Å². The van der Waals surface area contributed by atoms with E-state index in [0.717, 1.165) is 38.8 Å². The third-order valence-corrected chi connectivity index (χ3v) is 15.9. The number of anilines is 3. The molecule has 4 nitrogen and oxygen atoms in total. The number of imidazole rings is 1. The summed E-state index contributed by atoms with van der Waals surface area (Å²) in [4.78, 5) is 8.07. The van der Waals surface area contributed by atoms with Crippen LogP contribution in [0, 0.1) is 0 Å². The lowest BCUT2D eigenvalue weighted by Crippen LogP contribution is -2.60. The first-order chi connectivity index (χ1) is 33.3. The molecule has 344 valence electrons. The highest BCUT2D eigenvalue weighted by Crippen LogP contribution is 2.47. The molecule has 0 amide bonds. The van der Waals surface area contributed by atoms with Gasteiger partial charge in [0.05, 0.1) is 22.1 Å². The Morgan fingerprint density at radius 1 is 0.414 bits per heavy atom. The maximum atomic E-state index is 5.48. The maximum absolute atomic E-state index is 5.48. The fraction of sp³-hybridized carbons (Fsp3) is 0.246. The second-order valence-corrected chi connectivity index (χ2v) is 24.6. The van der Waals surface area contributed by atoms with Gasteiger partial charge in [-0.3, -0.25) is 4.40 Å². The lowest BCUT2D eigenvalue weighted by Gasteiger charge is -2.41. The lowest BCUT2D eigenvalue weighted by atomic mass is 9.33. The van der Waals surface area contributed by atoms with Crippen LogP contribution >= 0.6 is 0 Å². The average Bonchev–Trinajstić information content (AvgIpc) is 3.88. The molecule has 2 aliphatic heterocycles. The summed E-state index contributed by atoms with van der Waals surface area (Å²) in [5, 5.41) is 6.25. The van der Waals surface area contributed by atoms with Crippen LogP contribution < -0.4 is 21.3 Å². The number of pyridine rings is 1. The smallest absolute Gasteiger partial charge is 0.252 e. The third-order valence-electron chi connectivity index (χ3n) is 15.9. The van der Waals surface area contributed by atoms with E-state index >= 15 is 0 Å². The monoisotopic (exact) mass is 908 g/mol. The summed E-state index contributed by atoms with van der Waals surface area (Å²) < 4.78 is 5.08. The Kier molecular flexibility index (Phi) is 8.75. The zero-order valence-corrected chi connectivity index (χ0v) is 42.8. The molecule has 13 rings (SSSR count). The van der Waals surface area contributed by atoms with Crippen molar-refractivity contribution in [2.75, 3.05) is 4.90 Å². The van der Waals surface area contributed by atoms with E-state index in [1.807, 2.05) is 0 Å². The normalized spacial score (nSPS) is 13.9. The fourth-order valence-corrected chi connectivity index (χ4v) is 12.0. The largest absolute Gasteiger partial charge is 0.311 e. The minimum absolute atomic E-state index is 0.00737. The SMILES string of the molecule is CC(C)(C)c1ccc(N2c3ccc(C(C)(C)C)cc3B3c4c2cc(-c2cccc5nc6c7ccccc7c7ccccc7n6c25)cc4-n2c4ccc(C(C)(C)C)cc4c4cc(C(C)(C)C)cc3c42)cc1. The maximum Gasteiger partial charge on any atom is 0.252 e. The summed E-state index contributed by atoms with van der Waals surface area (Å²) in [6.07, 6.45) is 0. The van der Waals surface area contributed by atoms with Crippen molar-refractivity contribution in [3.8, 4) is 16.8 Å². The molecular weight excluding hydrogens is 848 g/mol. The molecule has 5 heteroatoms. The number of rotatable bonds is 2. The molecule has 5 heterocycles. The molecule has 70 heavy (non-hydrogen) atoms. The van der Waals surface area contributed by atoms with Gasteiger partial charge in [-0.05, 0) is 132 Å². The Morgan fingerprint density at radius 3 is 1.73 bits per heavy atom. The van der Waals surface area contributed by atoms with Crippen LogP contribution in [0.25, 0.3) is 77.0 Å². The molecule has 0 saturated carbocycles. The number of fused-ring (bicyclic) bond motifs is 15. The molecule has 0 spiro atoms. The van der Waals surface area contributed by atoms with Gasteiger partial charge in [-0.1, -0.05) is 174 Å². The molecular formula is C65H61BN4. The van der Waals surface area contributed by atoms with Gasteiger partial charge < -0.3 is 9.47 Å². The van der Waals surface area contributed by atoms with Crippen molar-refractivity contribution >= 4 is 100 Å². The summed E-state index contributed by atoms with van der Waals surface area (Å²) >= 11 is 0. The van der Waals surface area contributed by atoms with Gasteiger partial charge in [-0.15, -0.1) is 0 Å². The first kappa shape index (κ1) is 43.0. The highest BCUT2D eigenvalue weighted by Gasteiger charge is 2.44. The van der Waals surface area contributed by atoms with E-state index in [-0.39, 0.29) is 28.4 Å². The van der Waals surface area contributed by atoms with Crippen LogP contribution in [0.4, 0.5) is 17.1 Å². The van der Waals surface area contributed by atoms with E-state index in [0.29, 0.717) is 0 Å². The standard InChI is InChI=1S/C65H61BN4/c1-62(2,3)39-24-28-43(29-25-39)68-55-31-27-41(64(7,8)9)36-50(55)66-51-37-42(65(10,11)12)35-49-48-34-40(63(4,5)6)26-30-54(48)69(59(49)51)57-33-38(32-56(68)58(57)66)44-21-17-22-52-60(44)70-53-23-16-15-19-46(53)45-18-13-14-20-47(45)61(70)67-52/h13-37H,1-12H3. The molecule has 0 N–H and O–H groups in total. The summed E-state index contributed by atoms with van der Waals surface area (Å²) in [5.41, 5.74) is 23.4. The van der Waals surface area contributed by atoms with E-state index in [9.17, 15) is 0 Å². The van der Waals surface area contributed by atoms with Crippen LogP contribution in [0.3, 0.4) is 0 Å². The van der Waals surface area contributed by atoms with E-state index in [2.05, 4.69) is 249 Å². The molecule has 0 unspecified atom stereocenters. The lowest BCUT2D eigenvalue weighted by molar-refractivity contribution is 0.590. The molecule has 0 radical (unpaired) electrons. The predicted molar refractivity (Wildman–Crippen MR) is 302 cm³/mol. The quantitative estimate of drug-likeness (QED) is 0.128. The Balaban J connectivity index is 1.21. The van der Waals surface area contributed by atoms with Crippen molar-refractivity contribution in [3.05, 3.63) is 174 Å². The van der Waals surface area contributed by atoms with Crippen molar-refractivity contribution in [2.45, 2.75) is 105 Å². The van der Waals surface area contributed by atoms with Gasteiger partial charge in [0.25, 0.3) is 6.71 Å². The summed E-state index contributed by atoms with van der Waals surface area (Å²) in [6, 6.07) is 58.5. The number of hydrogen-bond acceptors (Lipinski definition) is 2. The Labute approximate surface area is 412 Å². The van der Waals surface area contributed by atoms with E-state index in [1.165, 1.54) is 93.8 Å². The first-order valence-corrected chi connectivity index (χ1v) is 25.3. The molecule has 3 aromatic heterocycles. The van der Waals surface area contributed by atoms with Gasteiger partial charge in [0, 0.05) is 55.4 Å². The minimum atomic E-state index is -0.0680. The van der Waals surface area contributed by atoms with Gasteiger partial charge in [-0.25, -0.2) is 4.98 Å². The molecule has 8 aromatic carbocycles. The van der Waals surface area contributed by atoms with Gasteiger partial charge in [0.1, 0.15) is 5.65 Å². The van der Waals surface area contributed by atoms with Crippen LogP contribution in [0.1, 0.15) is 105 Å². The minimum Gasteiger partial charge on any atom is -0.311 e. The van der Waals surface area contributed by atoms with Crippen molar-refractivity contribution in [3.63, 3.8) is 0 Å². The van der Waals surface area contributed by atoms with Gasteiger partial charge in [-0.2, -0.15) is 0 Å². The number of benzene rings is 8. The Morgan fingerprint density at radius 2 is 1.01 bits per heavy atom. The van der Waals surface area contributed by atoms with Crippen LogP contribution in [0.2, 0.25) is 0 Å². The zero-order chi connectivity index (χ0) is 48.6. The number of nitrogens with zero attached hydrogens (tertiary/aromatic N) is 4. The van der Waals surface area contributed by atoms with Gasteiger partial charge >= 0.3 is 0 Å². The van der Waals surface area contributed by atoms with Crippen molar-refractivity contribution in [1.82, 2.24) is 14.0 Å². The van der Waals surface area contributed by atoms with E-state index < -0.39 is 0 Å². The number of para-hydroxylation sites is 2. The van der Waals surface area contributed by atoms with Crippen LogP contribution in [0.5, 0.6) is 0 Å². The zero-order valence-electron chi connectivity index (χ0n) is 42.8. The van der Waals surface area contributed by atoms with Crippen molar-refractivity contribution in [1.29, 1.82) is 0 Å². The highest BCUT2D eigenvalue weighted by atomic mass is 15.2. The first-order valence-electron chi connectivity index (χ1n) is 25.3. The molecule has 0 fully saturated rings. The summed E-state index contributed by atoms with van der Waals surface area (Å²) in [6.45, 7) is 28.1. The molecule has 0 aliphatic carbocycles.